The minimum Gasteiger partial charge on any atom is -0.361 e. The molecule has 1 unspecified atom stereocenters. The number of carbonyl (C=O) groups excluding carboxylic acids is 1. The van der Waals surface area contributed by atoms with E-state index >= 15 is 0 Å². The maximum absolute atomic E-state index is 12.9. The van der Waals surface area contributed by atoms with Gasteiger partial charge < -0.3 is 14.3 Å². The number of benzene rings is 1. The lowest BCUT2D eigenvalue weighted by Crippen LogP contribution is -2.44. The lowest BCUT2D eigenvalue weighted by Gasteiger charge is -2.33. The Morgan fingerprint density at radius 3 is 2.80 bits per heavy atom. The lowest BCUT2D eigenvalue weighted by atomic mass is 9.96. The zero-order valence-corrected chi connectivity index (χ0v) is 17.3. The first-order valence-corrected chi connectivity index (χ1v) is 10.5. The fourth-order valence-corrected chi connectivity index (χ4v) is 3.90. The van der Waals surface area contributed by atoms with E-state index in [0.717, 1.165) is 49.2 Å². The minimum absolute atomic E-state index is 0.0116. The van der Waals surface area contributed by atoms with Gasteiger partial charge in [0.1, 0.15) is 11.5 Å². The Morgan fingerprint density at radius 2 is 2.00 bits per heavy atom. The van der Waals surface area contributed by atoms with Gasteiger partial charge in [0.05, 0.1) is 5.92 Å². The molecule has 7 heteroatoms. The van der Waals surface area contributed by atoms with Gasteiger partial charge >= 0.3 is 0 Å². The normalized spacial score (nSPS) is 16.4. The van der Waals surface area contributed by atoms with Crippen LogP contribution in [-0.4, -0.2) is 52.6 Å². The highest BCUT2D eigenvalue weighted by atomic mass is 16.5. The molecule has 0 radical (unpaired) electrons. The Balaban J connectivity index is 1.26. The Morgan fingerprint density at radius 1 is 1.20 bits per heavy atom. The van der Waals surface area contributed by atoms with Crippen molar-refractivity contribution in [3.05, 3.63) is 60.6 Å². The van der Waals surface area contributed by atoms with Gasteiger partial charge in [0, 0.05) is 57.1 Å². The van der Waals surface area contributed by atoms with Gasteiger partial charge in [-0.3, -0.25) is 4.79 Å². The number of aryl methyl sites for hydroxylation is 1. The molecular formula is C23H27N5O2. The molecule has 0 aliphatic carbocycles. The van der Waals surface area contributed by atoms with E-state index in [1.165, 1.54) is 0 Å². The summed E-state index contributed by atoms with van der Waals surface area (Å²) in [6.07, 6.45) is 6.97. The fraction of sp³-hybridized carbons (Fsp3) is 0.391. The number of amides is 1. The van der Waals surface area contributed by atoms with Crippen molar-refractivity contribution in [3.8, 4) is 11.3 Å². The molecule has 3 aromatic rings. The highest BCUT2D eigenvalue weighted by Crippen LogP contribution is 2.22. The van der Waals surface area contributed by atoms with Crippen LogP contribution in [-0.2, 0) is 11.2 Å². The molecule has 156 valence electrons. The largest absolute Gasteiger partial charge is 0.361 e. The first-order valence-electron chi connectivity index (χ1n) is 10.5. The van der Waals surface area contributed by atoms with Crippen molar-refractivity contribution in [2.45, 2.75) is 25.7 Å². The molecule has 1 amide bonds. The first-order chi connectivity index (χ1) is 14.7. The zero-order valence-electron chi connectivity index (χ0n) is 17.3. The summed E-state index contributed by atoms with van der Waals surface area (Å²) >= 11 is 0. The van der Waals surface area contributed by atoms with Crippen LogP contribution < -0.4 is 4.90 Å². The second kappa shape index (κ2) is 9.52. The van der Waals surface area contributed by atoms with E-state index < -0.39 is 0 Å². The molecule has 30 heavy (non-hydrogen) atoms. The summed E-state index contributed by atoms with van der Waals surface area (Å²) in [6.45, 7) is 2.26. The number of carbonyl (C=O) groups is 1. The van der Waals surface area contributed by atoms with Crippen LogP contribution in [0.5, 0.6) is 0 Å². The monoisotopic (exact) mass is 405 g/mol. The number of hydrogen-bond acceptors (Lipinski definition) is 6. The minimum atomic E-state index is -0.0116. The van der Waals surface area contributed by atoms with Gasteiger partial charge in [0.25, 0.3) is 0 Å². The highest BCUT2D eigenvalue weighted by molar-refractivity contribution is 5.79. The third-order valence-corrected chi connectivity index (χ3v) is 5.53. The SMILES string of the molecule is CN(CCCc1cc(-c2ccccc2)no1)C(=O)C1CCCN(c2ncccn2)C1. The molecule has 2 aromatic heterocycles. The summed E-state index contributed by atoms with van der Waals surface area (Å²) in [5.41, 5.74) is 1.89. The Bertz CT molecular complexity index is 944. The number of piperidine rings is 1. The summed E-state index contributed by atoms with van der Waals surface area (Å²) in [4.78, 5) is 25.5. The van der Waals surface area contributed by atoms with Crippen molar-refractivity contribution in [1.29, 1.82) is 0 Å². The van der Waals surface area contributed by atoms with Crippen LogP contribution in [0.1, 0.15) is 25.0 Å². The smallest absolute Gasteiger partial charge is 0.227 e. The maximum atomic E-state index is 12.9. The van der Waals surface area contributed by atoms with E-state index in [-0.39, 0.29) is 11.8 Å². The molecule has 1 atom stereocenters. The standard InChI is InChI=1S/C23H27N5O2/c1-27(14-6-11-20-16-21(26-30-20)18-8-3-2-4-9-18)22(29)19-10-5-15-28(17-19)23-24-12-7-13-25-23/h2-4,7-9,12-13,16,19H,5-6,10-11,14-15,17H2,1H3. The molecule has 0 bridgehead atoms. The molecule has 1 aliphatic heterocycles. The molecule has 7 nitrogen and oxygen atoms in total. The molecule has 1 aromatic carbocycles. The van der Waals surface area contributed by atoms with Gasteiger partial charge in [0.2, 0.25) is 11.9 Å². The van der Waals surface area contributed by atoms with Crippen LogP contribution in [0, 0.1) is 5.92 Å². The second-order valence-corrected chi connectivity index (χ2v) is 7.74. The molecular weight excluding hydrogens is 378 g/mol. The van der Waals surface area contributed by atoms with Gasteiger partial charge in [-0.05, 0) is 25.3 Å². The van der Waals surface area contributed by atoms with Crippen molar-refractivity contribution in [3.63, 3.8) is 0 Å². The van der Waals surface area contributed by atoms with Crippen molar-refractivity contribution in [1.82, 2.24) is 20.0 Å². The molecule has 1 aliphatic rings. The zero-order chi connectivity index (χ0) is 20.8. The number of hydrogen-bond donors (Lipinski definition) is 0. The number of rotatable bonds is 7. The average Bonchev–Trinajstić information content (AvgIpc) is 3.29. The van der Waals surface area contributed by atoms with E-state index in [1.807, 2.05) is 48.3 Å². The molecule has 1 fully saturated rings. The third-order valence-electron chi connectivity index (χ3n) is 5.53. The number of aromatic nitrogens is 3. The van der Waals surface area contributed by atoms with Crippen molar-refractivity contribution < 1.29 is 9.32 Å². The van der Waals surface area contributed by atoms with Gasteiger partial charge in [-0.2, -0.15) is 0 Å². The van der Waals surface area contributed by atoms with Crippen LogP contribution in [0.3, 0.4) is 0 Å². The summed E-state index contributed by atoms with van der Waals surface area (Å²) in [5, 5.41) is 4.16. The van der Waals surface area contributed by atoms with Crippen LogP contribution in [0.4, 0.5) is 5.95 Å². The van der Waals surface area contributed by atoms with Gasteiger partial charge in [-0.15, -0.1) is 0 Å². The first kappa shape index (κ1) is 20.1. The van der Waals surface area contributed by atoms with Crippen molar-refractivity contribution >= 4 is 11.9 Å². The van der Waals surface area contributed by atoms with Crippen LogP contribution in [0.25, 0.3) is 11.3 Å². The van der Waals surface area contributed by atoms with Gasteiger partial charge in [-0.25, -0.2) is 9.97 Å². The molecule has 0 saturated carbocycles. The summed E-state index contributed by atoms with van der Waals surface area (Å²) in [6, 6.07) is 13.8. The quantitative estimate of drug-likeness (QED) is 0.599. The summed E-state index contributed by atoms with van der Waals surface area (Å²) in [5.74, 6) is 1.73. The topological polar surface area (TPSA) is 75.4 Å². The van der Waals surface area contributed by atoms with Crippen LogP contribution in [0.2, 0.25) is 0 Å². The Kier molecular flexibility index (Phi) is 6.37. The van der Waals surface area contributed by atoms with Crippen LogP contribution in [0.15, 0.2) is 59.4 Å². The Hall–Kier alpha value is -3.22. The summed E-state index contributed by atoms with van der Waals surface area (Å²) < 4.78 is 5.47. The van der Waals surface area contributed by atoms with E-state index in [0.29, 0.717) is 19.0 Å². The van der Waals surface area contributed by atoms with Crippen molar-refractivity contribution in [2.75, 3.05) is 31.6 Å². The maximum Gasteiger partial charge on any atom is 0.227 e. The number of anilines is 1. The average molecular weight is 406 g/mol. The van der Waals surface area contributed by atoms with Crippen LogP contribution >= 0.6 is 0 Å². The molecule has 1 saturated heterocycles. The van der Waals surface area contributed by atoms with Gasteiger partial charge in [0.15, 0.2) is 0 Å². The van der Waals surface area contributed by atoms with Crippen molar-refractivity contribution in [2.24, 2.45) is 5.92 Å². The fourth-order valence-electron chi connectivity index (χ4n) is 3.90. The van der Waals surface area contributed by atoms with E-state index in [4.69, 9.17) is 4.52 Å². The number of nitrogens with zero attached hydrogens (tertiary/aromatic N) is 5. The second-order valence-electron chi connectivity index (χ2n) is 7.74. The predicted octanol–water partition coefficient (Wildman–Crippen LogP) is 3.44. The van der Waals surface area contributed by atoms with E-state index in [1.54, 1.807) is 18.5 Å². The lowest BCUT2D eigenvalue weighted by molar-refractivity contribution is -0.134. The third kappa shape index (κ3) is 4.84. The highest BCUT2D eigenvalue weighted by Gasteiger charge is 2.28. The molecule has 4 rings (SSSR count). The van der Waals surface area contributed by atoms with E-state index in [2.05, 4.69) is 20.0 Å². The van der Waals surface area contributed by atoms with Gasteiger partial charge in [-0.1, -0.05) is 35.5 Å². The predicted molar refractivity (Wildman–Crippen MR) is 115 cm³/mol. The molecule has 3 heterocycles. The Labute approximate surface area is 176 Å². The van der Waals surface area contributed by atoms with E-state index in [9.17, 15) is 4.79 Å². The molecule has 0 spiro atoms. The summed E-state index contributed by atoms with van der Waals surface area (Å²) in [7, 11) is 1.89. The molecule has 0 N–H and O–H groups in total.